The second kappa shape index (κ2) is 5.80. The largest absolute Gasteiger partial charge is 0.384 e. The lowest BCUT2D eigenvalue weighted by atomic mass is 10.1. The number of nitrogens with one attached hydrogen (secondary N) is 1. The van der Waals surface area contributed by atoms with Crippen LogP contribution in [0.4, 0.5) is 5.82 Å². The summed E-state index contributed by atoms with van der Waals surface area (Å²) in [6.07, 6.45) is 1.02. The minimum absolute atomic E-state index is 0.0576. The van der Waals surface area contributed by atoms with Gasteiger partial charge in [0.25, 0.3) is 0 Å². The van der Waals surface area contributed by atoms with E-state index in [1.54, 1.807) is 0 Å². The third kappa shape index (κ3) is 2.78. The number of amidine groups is 1. The number of aryl methyl sites for hydroxylation is 1. The Morgan fingerprint density at radius 2 is 1.94 bits per heavy atom. The molecule has 0 atom stereocenters. The highest BCUT2D eigenvalue weighted by atomic mass is 15.3. The van der Waals surface area contributed by atoms with Crippen LogP contribution in [0.5, 0.6) is 0 Å². The van der Waals surface area contributed by atoms with Gasteiger partial charge in [0.2, 0.25) is 0 Å². The van der Waals surface area contributed by atoms with Gasteiger partial charge in [-0.05, 0) is 39.7 Å². The van der Waals surface area contributed by atoms with E-state index in [-0.39, 0.29) is 5.84 Å². The van der Waals surface area contributed by atoms with Crippen LogP contribution in [-0.4, -0.2) is 28.6 Å². The number of hydrogen-bond donors (Lipinski definition) is 2. The lowest BCUT2D eigenvalue weighted by Crippen LogP contribution is -2.35. The van der Waals surface area contributed by atoms with Gasteiger partial charge in [0.1, 0.15) is 5.84 Å². The molecule has 0 unspecified atom stereocenters. The molecule has 5 heteroatoms. The summed E-state index contributed by atoms with van der Waals surface area (Å²) in [5.74, 6) is 0.782. The predicted molar refractivity (Wildman–Crippen MR) is 75.3 cm³/mol. The third-order valence-electron chi connectivity index (χ3n) is 3.07. The van der Waals surface area contributed by atoms with Crippen LogP contribution in [-0.2, 0) is 0 Å². The van der Waals surface area contributed by atoms with Crippen molar-refractivity contribution in [3.63, 3.8) is 0 Å². The fourth-order valence-corrected chi connectivity index (χ4v) is 1.97. The topological polar surface area (TPSA) is 78.9 Å². The minimum Gasteiger partial charge on any atom is -0.384 e. The Balaban J connectivity index is 3.38. The summed E-state index contributed by atoms with van der Waals surface area (Å²) in [6, 6.07) is 0.305. The van der Waals surface area contributed by atoms with E-state index in [4.69, 9.17) is 11.1 Å². The first kappa shape index (κ1) is 14.4. The maximum atomic E-state index is 7.76. The average Bonchev–Trinajstić information content (AvgIpc) is 2.28. The molecule has 1 heterocycles. The van der Waals surface area contributed by atoms with E-state index in [0.717, 1.165) is 30.0 Å². The summed E-state index contributed by atoms with van der Waals surface area (Å²) >= 11 is 0. The fraction of sp³-hybridized carbons (Fsp3) is 0.615. The molecule has 0 fully saturated rings. The zero-order chi connectivity index (χ0) is 13.9. The molecule has 1 aromatic rings. The van der Waals surface area contributed by atoms with Crippen molar-refractivity contribution in [2.24, 2.45) is 5.73 Å². The van der Waals surface area contributed by atoms with Crippen LogP contribution < -0.4 is 10.6 Å². The van der Waals surface area contributed by atoms with E-state index < -0.39 is 0 Å². The van der Waals surface area contributed by atoms with Gasteiger partial charge in [-0.15, -0.1) is 5.10 Å². The molecular formula is C13H23N5. The van der Waals surface area contributed by atoms with E-state index in [2.05, 4.69) is 35.9 Å². The van der Waals surface area contributed by atoms with E-state index in [9.17, 15) is 0 Å². The van der Waals surface area contributed by atoms with Gasteiger partial charge in [-0.1, -0.05) is 6.92 Å². The van der Waals surface area contributed by atoms with Crippen LogP contribution >= 0.6 is 0 Å². The van der Waals surface area contributed by atoms with Crippen LogP contribution in [0.1, 0.15) is 44.0 Å². The summed E-state index contributed by atoms with van der Waals surface area (Å²) in [7, 11) is 0. The molecule has 0 saturated carbocycles. The van der Waals surface area contributed by atoms with E-state index in [1.165, 1.54) is 0 Å². The fourth-order valence-electron chi connectivity index (χ4n) is 1.97. The van der Waals surface area contributed by atoms with E-state index in [0.29, 0.717) is 11.6 Å². The Hall–Kier alpha value is -1.65. The number of hydrogen-bond acceptors (Lipinski definition) is 4. The molecule has 0 radical (unpaired) electrons. The van der Waals surface area contributed by atoms with Crippen molar-refractivity contribution in [3.05, 3.63) is 16.8 Å². The summed E-state index contributed by atoms with van der Waals surface area (Å²) < 4.78 is 0. The van der Waals surface area contributed by atoms with Crippen molar-refractivity contribution in [1.29, 1.82) is 5.41 Å². The zero-order valence-corrected chi connectivity index (χ0v) is 11.9. The molecule has 0 aromatic carbocycles. The van der Waals surface area contributed by atoms with Gasteiger partial charge in [0.05, 0.1) is 11.3 Å². The van der Waals surface area contributed by atoms with Crippen LogP contribution in [0, 0.1) is 19.3 Å². The summed E-state index contributed by atoms with van der Waals surface area (Å²) in [5, 5.41) is 16.2. The van der Waals surface area contributed by atoms with Crippen molar-refractivity contribution in [3.8, 4) is 0 Å². The maximum absolute atomic E-state index is 7.76. The second-order valence-electron chi connectivity index (χ2n) is 4.81. The Kier molecular flexibility index (Phi) is 4.64. The predicted octanol–water partition coefficient (Wildman–Crippen LogP) is 2.00. The van der Waals surface area contributed by atoms with Crippen LogP contribution in [0.25, 0.3) is 0 Å². The first-order chi connectivity index (χ1) is 8.40. The molecule has 18 heavy (non-hydrogen) atoms. The lowest BCUT2D eigenvalue weighted by molar-refractivity contribution is 0.654. The SMILES string of the molecule is CCCN(c1nnc(C)c(C)c1C(=N)N)C(C)C. The van der Waals surface area contributed by atoms with Gasteiger partial charge in [-0.25, -0.2) is 0 Å². The smallest absolute Gasteiger partial charge is 0.162 e. The molecule has 0 bridgehead atoms. The van der Waals surface area contributed by atoms with Gasteiger partial charge in [0, 0.05) is 12.6 Å². The first-order valence-electron chi connectivity index (χ1n) is 6.35. The van der Waals surface area contributed by atoms with Gasteiger partial charge in [-0.3, -0.25) is 5.41 Å². The monoisotopic (exact) mass is 249 g/mol. The average molecular weight is 249 g/mol. The molecular weight excluding hydrogens is 226 g/mol. The molecule has 100 valence electrons. The molecule has 0 aliphatic carbocycles. The molecule has 1 aromatic heterocycles. The van der Waals surface area contributed by atoms with Gasteiger partial charge in [0.15, 0.2) is 5.82 Å². The summed E-state index contributed by atoms with van der Waals surface area (Å²) in [6.45, 7) is 11.0. The van der Waals surface area contributed by atoms with Crippen molar-refractivity contribution in [2.75, 3.05) is 11.4 Å². The van der Waals surface area contributed by atoms with Gasteiger partial charge < -0.3 is 10.6 Å². The molecule has 1 rings (SSSR count). The zero-order valence-electron chi connectivity index (χ0n) is 11.9. The number of rotatable bonds is 5. The normalized spacial score (nSPS) is 10.8. The highest BCUT2D eigenvalue weighted by molar-refractivity contribution is 6.01. The van der Waals surface area contributed by atoms with Crippen LogP contribution in [0.3, 0.4) is 0 Å². The highest BCUT2D eigenvalue weighted by Crippen LogP contribution is 2.23. The molecule has 0 spiro atoms. The van der Waals surface area contributed by atoms with E-state index in [1.807, 2.05) is 13.8 Å². The van der Waals surface area contributed by atoms with E-state index >= 15 is 0 Å². The van der Waals surface area contributed by atoms with Crippen molar-refractivity contribution >= 4 is 11.7 Å². The molecule has 0 amide bonds. The molecule has 0 saturated heterocycles. The molecule has 5 nitrogen and oxygen atoms in total. The first-order valence-corrected chi connectivity index (χ1v) is 6.35. The van der Waals surface area contributed by atoms with Crippen molar-refractivity contribution in [2.45, 2.75) is 47.1 Å². The Labute approximate surface area is 109 Å². The van der Waals surface area contributed by atoms with Crippen LogP contribution in [0.2, 0.25) is 0 Å². The lowest BCUT2D eigenvalue weighted by Gasteiger charge is -2.29. The minimum atomic E-state index is 0.0576. The number of nitrogens with zero attached hydrogens (tertiary/aromatic N) is 3. The summed E-state index contributed by atoms with van der Waals surface area (Å²) in [4.78, 5) is 2.15. The van der Waals surface area contributed by atoms with Crippen LogP contribution in [0.15, 0.2) is 0 Å². The number of nitrogen functional groups attached to an aromatic ring is 1. The van der Waals surface area contributed by atoms with Gasteiger partial charge in [-0.2, -0.15) is 5.10 Å². The quantitative estimate of drug-likeness (QED) is 0.618. The number of aromatic nitrogens is 2. The van der Waals surface area contributed by atoms with Crippen molar-refractivity contribution < 1.29 is 0 Å². The maximum Gasteiger partial charge on any atom is 0.162 e. The Morgan fingerprint density at radius 1 is 1.33 bits per heavy atom. The molecule has 0 aliphatic heterocycles. The third-order valence-corrected chi connectivity index (χ3v) is 3.07. The Bertz CT molecular complexity index is 439. The second-order valence-corrected chi connectivity index (χ2v) is 4.81. The molecule has 3 N–H and O–H groups in total. The highest BCUT2D eigenvalue weighted by Gasteiger charge is 2.20. The summed E-state index contributed by atoms with van der Waals surface area (Å²) in [5.41, 5.74) is 8.18. The standard InChI is InChI=1S/C13H23N5/c1-6-7-18(8(2)3)13-11(12(14)15)9(4)10(5)16-17-13/h8H,6-7H2,1-5H3,(H3,14,15). The number of anilines is 1. The Morgan fingerprint density at radius 3 is 2.39 bits per heavy atom. The number of nitrogens with two attached hydrogens (primary N) is 1. The van der Waals surface area contributed by atoms with Crippen molar-refractivity contribution in [1.82, 2.24) is 10.2 Å². The molecule has 0 aliphatic rings. The van der Waals surface area contributed by atoms with Gasteiger partial charge >= 0.3 is 0 Å².